The third-order valence-electron chi connectivity index (χ3n) is 3.32. The molecular formula is C18H14ClNO4. The lowest BCUT2D eigenvalue weighted by Crippen LogP contribution is -1.95. The number of carbonyl (C=O) groups excluding carboxylic acids is 1. The van der Waals surface area contributed by atoms with Crippen LogP contribution in [-0.2, 0) is 22.7 Å². The molecule has 0 saturated carbocycles. The van der Waals surface area contributed by atoms with Gasteiger partial charge in [0.2, 0.25) is 0 Å². The van der Waals surface area contributed by atoms with E-state index in [0.717, 1.165) is 11.1 Å². The second-order valence-corrected chi connectivity index (χ2v) is 5.41. The van der Waals surface area contributed by atoms with Crippen LogP contribution >= 0.6 is 11.6 Å². The number of benzene rings is 2. The lowest BCUT2D eigenvalue weighted by atomic mass is 10.1. The molecule has 3 aromatic rings. The predicted octanol–water partition coefficient (Wildman–Crippen LogP) is 4.25. The first-order valence-corrected chi connectivity index (χ1v) is 7.61. The summed E-state index contributed by atoms with van der Waals surface area (Å²) >= 11 is 6.28. The molecule has 3 rings (SSSR count). The summed E-state index contributed by atoms with van der Waals surface area (Å²) in [4.78, 5) is 10.2. The Morgan fingerprint density at radius 2 is 1.92 bits per heavy atom. The number of aromatic nitrogens is 1. The SMILES string of the molecule is O=COCc1cc(-c2ccc(OCc3ccccc3)c(Cl)c2)no1. The number of rotatable bonds is 7. The van der Waals surface area contributed by atoms with Crippen LogP contribution in [0.1, 0.15) is 11.3 Å². The zero-order valence-electron chi connectivity index (χ0n) is 12.6. The predicted molar refractivity (Wildman–Crippen MR) is 88.6 cm³/mol. The first kappa shape index (κ1) is 16.1. The summed E-state index contributed by atoms with van der Waals surface area (Å²) in [6.45, 7) is 0.845. The Morgan fingerprint density at radius 3 is 2.67 bits per heavy atom. The standard InChI is InChI=1S/C18H14ClNO4/c19-16-8-14(17-9-15(24-20-17)11-22-12-21)6-7-18(16)23-10-13-4-2-1-3-5-13/h1-9,12H,10-11H2. The summed E-state index contributed by atoms with van der Waals surface area (Å²) in [6.07, 6.45) is 0. The molecule has 1 aromatic heterocycles. The number of carbonyl (C=O) groups is 1. The minimum absolute atomic E-state index is 0.0441. The average Bonchev–Trinajstić information content (AvgIpc) is 3.09. The van der Waals surface area contributed by atoms with Gasteiger partial charge in [-0.2, -0.15) is 0 Å². The van der Waals surface area contributed by atoms with Crippen molar-refractivity contribution in [1.82, 2.24) is 5.16 Å². The van der Waals surface area contributed by atoms with Crippen LogP contribution in [0.15, 0.2) is 59.1 Å². The van der Waals surface area contributed by atoms with Crippen LogP contribution in [0, 0.1) is 0 Å². The van der Waals surface area contributed by atoms with Crippen molar-refractivity contribution in [2.24, 2.45) is 0 Å². The van der Waals surface area contributed by atoms with Crippen molar-refractivity contribution in [2.45, 2.75) is 13.2 Å². The van der Waals surface area contributed by atoms with Gasteiger partial charge in [0.25, 0.3) is 6.47 Å². The molecule has 0 fully saturated rings. The van der Waals surface area contributed by atoms with Gasteiger partial charge in [0.05, 0.1) is 5.02 Å². The van der Waals surface area contributed by atoms with Gasteiger partial charge in [-0.05, 0) is 23.8 Å². The Morgan fingerprint density at radius 1 is 1.08 bits per heavy atom. The number of nitrogens with zero attached hydrogens (tertiary/aromatic N) is 1. The molecule has 0 amide bonds. The first-order chi connectivity index (χ1) is 11.8. The second kappa shape index (κ2) is 7.66. The quantitative estimate of drug-likeness (QED) is 0.600. The summed E-state index contributed by atoms with van der Waals surface area (Å²) in [5.41, 5.74) is 2.46. The molecule has 6 heteroatoms. The van der Waals surface area contributed by atoms with E-state index in [2.05, 4.69) is 9.89 Å². The second-order valence-electron chi connectivity index (χ2n) is 5.01. The van der Waals surface area contributed by atoms with Crippen molar-refractivity contribution in [2.75, 3.05) is 0 Å². The van der Waals surface area contributed by atoms with Crippen molar-refractivity contribution in [3.8, 4) is 17.0 Å². The summed E-state index contributed by atoms with van der Waals surface area (Å²) < 4.78 is 15.5. The van der Waals surface area contributed by atoms with Gasteiger partial charge in [-0.1, -0.05) is 47.1 Å². The molecule has 0 saturated heterocycles. The number of hydrogen-bond acceptors (Lipinski definition) is 5. The summed E-state index contributed by atoms with van der Waals surface area (Å²) in [5.74, 6) is 1.05. The molecule has 122 valence electrons. The molecule has 5 nitrogen and oxygen atoms in total. The number of ether oxygens (including phenoxy) is 2. The zero-order chi connectivity index (χ0) is 16.8. The van der Waals surface area contributed by atoms with E-state index in [1.807, 2.05) is 36.4 Å². The lowest BCUT2D eigenvalue weighted by Gasteiger charge is -2.09. The monoisotopic (exact) mass is 343 g/mol. The molecule has 0 atom stereocenters. The molecule has 0 radical (unpaired) electrons. The minimum Gasteiger partial charge on any atom is -0.487 e. The minimum atomic E-state index is 0.0441. The van der Waals surface area contributed by atoms with Gasteiger partial charge in [0.1, 0.15) is 18.1 Å². The average molecular weight is 344 g/mol. The van der Waals surface area contributed by atoms with E-state index < -0.39 is 0 Å². The molecule has 0 spiro atoms. The van der Waals surface area contributed by atoms with Gasteiger partial charge >= 0.3 is 0 Å². The fourth-order valence-electron chi connectivity index (χ4n) is 2.15. The largest absolute Gasteiger partial charge is 0.487 e. The maximum atomic E-state index is 10.2. The normalized spacial score (nSPS) is 10.4. The summed E-state index contributed by atoms with van der Waals surface area (Å²) in [6, 6.07) is 16.9. The molecule has 0 aliphatic rings. The van der Waals surface area contributed by atoms with Gasteiger partial charge in [0.15, 0.2) is 12.4 Å². The number of hydrogen-bond donors (Lipinski definition) is 0. The molecular weight excluding hydrogens is 330 g/mol. The summed E-state index contributed by atoms with van der Waals surface area (Å²) in [5, 5.41) is 4.42. The Balaban J connectivity index is 1.70. The summed E-state index contributed by atoms with van der Waals surface area (Å²) in [7, 11) is 0. The van der Waals surface area contributed by atoms with Crippen LogP contribution in [-0.4, -0.2) is 11.6 Å². The molecule has 0 bridgehead atoms. The van der Waals surface area contributed by atoms with Crippen LogP contribution in [0.5, 0.6) is 5.75 Å². The van der Waals surface area contributed by atoms with E-state index in [1.165, 1.54) is 0 Å². The smallest absolute Gasteiger partial charge is 0.293 e. The molecule has 24 heavy (non-hydrogen) atoms. The van der Waals surface area contributed by atoms with E-state index in [9.17, 15) is 4.79 Å². The topological polar surface area (TPSA) is 61.6 Å². The van der Waals surface area contributed by atoms with Crippen LogP contribution in [0.4, 0.5) is 0 Å². The lowest BCUT2D eigenvalue weighted by molar-refractivity contribution is -0.130. The van der Waals surface area contributed by atoms with E-state index in [0.29, 0.717) is 35.3 Å². The van der Waals surface area contributed by atoms with Crippen LogP contribution in [0.3, 0.4) is 0 Å². The highest BCUT2D eigenvalue weighted by molar-refractivity contribution is 6.32. The van der Waals surface area contributed by atoms with Crippen molar-refractivity contribution in [1.29, 1.82) is 0 Å². The van der Waals surface area contributed by atoms with Crippen LogP contribution < -0.4 is 4.74 Å². The fourth-order valence-corrected chi connectivity index (χ4v) is 2.38. The van der Waals surface area contributed by atoms with Crippen molar-refractivity contribution in [3.05, 3.63) is 70.9 Å². The van der Waals surface area contributed by atoms with Crippen molar-refractivity contribution < 1.29 is 18.8 Å². The van der Waals surface area contributed by atoms with E-state index in [4.69, 9.17) is 20.9 Å². The highest BCUT2D eigenvalue weighted by Crippen LogP contribution is 2.30. The number of halogens is 1. The fraction of sp³-hybridized carbons (Fsp3) is 0.111. The van der Waals surface area contributed by atoms with E-state index in [-0.39, 0.29) is 6.61 Å². The van der Waals surface area contributed by atoms with Gasteiger partial charge in [0, 0.05) is 11.6 Å². The maximum Gasteiger partial charge on any atom is 0.293 e. The Bertz CT molecular complexity index is 817. The van der Waals surface area contributed by atoms with Gasteiger partial charge in [-0.3, -0.25) is 4.79 Å². The van der Waals surface area contributed by atoms with Gasteiger partial charge < -0.3 is 14.0 Å². The van der Waals surface area contributed by atoms with Crippen LogP contribution in [0.2, 0.25) is 5.02 Å². The highest BCUT2D eigenvalue weighted by atomic mass is 35.5. The molecule has 0 aliphatic carbocycles. The third kappa shape index (κ3) is 3.94. The van der Waals surface area contributed by atoms with Gasteiger partial charge in [-0.15, -0.1) is 0 Å². The van der Waals surface area contributed by atoms with Gasteiger partial charge in [-0.25, -0.2) is 0 Å². The highest BCUT2D eigenvalue weighted by Gasteiger charge is 2.10. The Kier molecular flexibility index (Phi) is 5.13. The third-order valence-corrected chi connectivity index (χ3v) is 3.61. The van der Waals surface area contributed by atoms with Crippen LogP contribution in [0.25, 0.3) is 11.3 Å². The molecule has 0 unspecified atom stereocenters. The zero-order valence-corrected chi connectivity index (χ0v) is 13.4. The Hall–Kier alpha value is -2.79. The van der Waals surface area contributed by atoms with Crippen molar-refractivity contribution >= 4 is 18.1 Å². The molecule has 0 aliphatic heterocycles. The van der Waals surface area contributed by atoms with E-state index >= 15 is 0 Å². The van der Waals surface area contributed by atoms with E-state index in [1.54, 1.807) is 18.2 Å². The Labute approximate surface area is 143 Å². The maximum absolute atomic E-state index is 10.2. The molecule has 2 aromatic carbocycles. The van der Waals surface area contributed by atoms with Crippen molar-refractivity contribution in [3.63, 3.8) is 0 Å². The molecule has 1 heterocycles. The molecule has 0 N–H and O–H groups in total. The first-order valence-electron chi connectivity index (χ1n) is 7.24.